The zero-order valence-electron chi connectivity index (χ0n) is 17.3. The SMILES string of the molecule is Cc1ccc(S(=O)(=O)CCSc2ncccc2C(=O)N(C)Cc2cccc(Br)c2)cc1. The number of sulfone groups is 1. The minimum absolute atomic E-state index is 0.0290. The minimum atomic E-state index is -3.39. The molecule has 1 amide bonds. The van der Waals surface area contributed by atoms with Gasteiger partial charge in [-0.15, -0.1) is 11.8 Å². The van der Waals surface area contributed by atoms with Gasteiger partial charge in [-0.1, -0.05) is 45.8 Å². The molecule has 3 rings (SSSR count). The van der Waals surface area contributed by atoms with Gasteiger partial charge in [0.05, 0.1) is 16.2 Å². The van der Waals surface area contributed by atoms with Gasteiger partial charge in [-0.2, -0.15) is 0 Å². The summed E-state index contributed by atoms with van der Waals surface area (Å²) in [6.07, 6.45) is 1.61. The zero-order chi connectivity index (χ0) is 22.4. The number of carbonyl (C=O) groups is 1. The van der Waals surface area contributed by atoms with Gasteiger partial charge in [0.25, 0.3) is 5.91 Å². The lowest BCUT2D eigenvalue weighted by atomic mass is 10.2. The third-order valence-electron chi connectivity index (χ3n) is 4.63. The fraction of sp³-hybridized carbons (Fsp3) is 0.217. The highest BCUT2D eigenvalue weighted by atomic mass is 79.9. The number of amides is 1. The Morgan fingerprint density at radius 1 is 1.10 bits per heavy atom. The standard InChI is InChI=1S/C23H23BrN2O3S2/c1-17-8-10-20(11-9-17)31(28,29)14-13-30-22-21(7-4-12-25-22)23(27)26(2)16-18-5-3-6-19(24)15-18/h3-12,15H,13-14,16H2,1-2H3. The van der Waals surface area contributed by atoms with Gasteiger partial charge in [0.15, 0.2) is 9.84 Å². The maximum atomic E-state index is 13.0. The number of carbonyl (C=O) groups excluding carboxylic acids is 1. The quantitative estimate of drug-likeness (QED) is 0.393. The van der Waals surface area contributed by atoms with Crippen molar-refractivity contribution in [2.45, 2.75) is 23.4 Å². The molecule has 8 heteroatoms. The molecular weight excluding hydrogens is 496 g/mol. The Morgan fingerprint density at radius 2 is 1.84 bits per heavy atom. The number of halogens is 1. The summed E-state index contributed by atoms with van der Waals surface area (Å²) in [5.41, 5.74) is 2.49. The summed E-state index contributed by atoms with van der Waals surface area (Å²) in [5.74, 6) is 0.124. The Hall–Kier alpha value is -2.16. The summed E-state index contributed by atoms with van der Waals surface area (Å²) < 4.78 is 26.1. The molecule has 0 bridgehead atoms. The molecule has 5 nitrogen and oxygen atoms in total. The predicted molar refractivity (Wildman–Crippen MR) is 128 cm³/mol. The molecule has 0 N–H and O–H groups in total. The highest BCUT2D eigenvalue weighted by Crippen LogP contribution is 2.23. The van der Waals surface area contributed by atoms with Crippen LogP contribution < -0.4 is 0 Å². The van der Waals surface area contributed by atoms with Crippen molar-refractivity contribution in [3.63, 3.8) is 0 Å². The number of pyridine rings is 1. The topological polar surface area (TPSA) is 67.3 Å². The van der Waals surface area contributed by atoms with Crippen molar-refractivity contribution in [1.82, 2.24) is 9.88 Å². The van der Waals surface area contributed by atoms with Crippen molar-refractivity contribution < 1.29 is 13.2 Å². The number of thioether (sulfide) groups is 1. The van der Waals surface area contributed by atoms with E-state index in [0.29, 0.717) is 27.8 Å². The highest BCUT2D eigenvalue weighted by molar-refractivity contribution is 9.10. The molecule has 1 heterocycles. The first-order chi connectivity index (χ1) is 14.8. The van der Waals surface area contributed by atoms with Crippen molar-refractivity contribution in [3.8, 4) is 0 Å². The Labute approximate surface area is 195 Å². The molecule has 0 aliphatic heterocycles. The third kappa shape index (κ3) is 6.41. The normalized spacial score (nSPS) is 11.3. The molecule has 0 spiro atoms. The van der Waals surface area contributed by atoms with Crippen molar-refractivity contribution >= 4 is 43.4 Å². The zero-order valence-corrected chi connectivity index (χ0v) is 20.5. The van der Waals surface area contributed by atoms with E-state index in [2.05, 4.69) is 20.9 Å². The van der Waals surface area contributed by atoms with Crippen molar-refractivity contribution in [1.29, 1.82) is 0 Å². The maximum absolute atomic E-state index is 13.0. The van der Waals surface area contributed by atoms with Crippen LogP contribution in [0.25, 0.3) is 0 Å². The first-order valence-electron chi connectivity index (χ1n) is 9.63. The Balaban J connectivity index is 1.67. The van der Waals surface area contributed by atoms with Crippen LogP contribution in [0, 0.1) is 6.92 Å². The van der Waals surface area contributed by atoms with E-state index in [-0.39, 0.29) is 11.7 Å². The molecule has 1 aromatic heterocycles. The number of benzene rings is 2. The average Bonchev–Trinajstić information content (AvgIpc) is 2.74. The summed E-state index contributed by atoms with van der Waals surface area (Å²) in [7, 11) is -1.65. The second-order valence-corrected chi connectivity index (χ2v) is 11.2. The number of aryl methyl sites for hydroxylation is 1. The lowest BCUT2D eigenvalue weighted by Crippen LogP contribution is -2.27. The summed E-state index contributed by atoms with van der Waals surface area (Å²) in [6, 6.07) is 18.1. The number of aromatic nitrogens is 1. The van der Waals surface area contributed by atoms with Crippen molar-refractivity contribution in [2.75, 3.05) is 18.6 Å². The second-order valence-electron chi connectivity index (χ2n) is 7.13. The van der Waals surface area contributed by atoms with E-state index in [1.54, 1.807) is 54.5 Å². The smallest absolute Gasteiger partial charge is 0.256 e. The van der Waals surface area contributed by atoms with E-state index in [4.69, 9.17) is 0 Å². The van der Waals surface area contributed by atoms with E-state index in [9.17, 15) is 13.2 Å². The van der Waals surface area contributed by atoms with Crippen LogP contribution in [0.3, 0.4) is 0 Å². The first kappa shape index (κ1) is 23.5. The Bertz CT molecular complexity index is 1170. The Kier molecular flexibility index (Phi) is 7.91. The molecule has 0 aliphatic rings. The summed E-state index contributed by atoms with van der Waals surface area (Å²) >= 11 is 4.73. The summed E-state index contributed by atoms with van der Waals surface area (Å²) in [6.45, 7) is 2.37. The number of hydrogen-bond donors (Lipinski definition) is 0. The molecule has 0 atom stereocenters. The van der Waals surface area contributed by atoms with Crippen molar-refractivity contribution in [2.24, 2.45) is 0 Å². The molecule has 0 aliphatic carbocycles. The van der Waals surface area contributed by atoms with E-state index in [0.717, 1.165) is 15.6 Å². The van der Waals surface area contributed by atoms with Crippen LogP contribution in [-0.2, 0) is 16.4 Å². The van der Waals surface area contributed by atoms with Crippen LogP contribution in [0.5, 0.6) is 0 Å². The predicted octanol–water partition coefficient (Wildman–Crippen LogP) is 4.99. The van der Waals surface area contributed by atoms with Crippen molar-refractivity contribution in [3.05, 3.63) is 88.0 Å². The third-order valence-corrected chi connectivity index (χ3v) is 8.12. The van der Waals surface area contributed by atoms with Gasteiger partial charge in [-0.25, -0.2) is 13.4 Å². The molecule has 0 radical (unpaired) electrons. The van der Waals surface area contributed by atoms with Crippen LogP contribution in [0.4, 0.5) is 0 Å². The molecule has 3 aromatic rings. The van der Waals surface area contributed by atoms with E-state index < -0.39 is 9.84 Å². The lowest BCUT2D eigenvalue weighted by Gasteiger charge is -2.19. The molecule has 0 saturated carbocycles. The van der Waals surface area contributed by atoms with Crippen LogP contribution in [-0.4, -0.2) is 42.8 Å². The van der Waals surface area contributed by atoms with Gasteiger partial charge in [-0.05, 0) is 48.9 Å². The molecule has 2 aromatic carbocycles. The summed E-state index contributed by atoms with van der Waals surface area (Å²) in [5, 5.41) is 0.535. The van der Waals surface area contributed by atoms with Crippen LogP contribution >= 0.6 is 27.7 Å². The first-order valence-corrected chi connectivity index (χ1v) is 13.1. The number of nitrogens with zero attached hydrogens (tertiary/aromatic N) is 2. The molecule has 31 heavy (non-hydrogen) atoms. The fourth-order valence-corrected chi connectivity index (χ4v) is 6.05. The van der Waals surface area contributed by atoms with Crippen LogP contribution in [0.2, 0.25) is 0 Å². The van der Waals surface area contributed by atoms with Crippen LogP contribution in [0.15, 0.2) is 81.3 Å². The fourth-order valence-electron chi connectivity index (χ4n) is 2.97. The van der Waals surface area contributed by atoms with Gasteiger partial charge in [0.2, 0.25) is 0 Å². The summed E-state index contributed by atoms with van der Waals surface area (Å²) in [4.78, 5) is 19.3. The second kappa shape index (κ2) is 10.4. The number of rotatable bonds is 8. The van der Waals surface area contributed by atoms with Gasteiger partial charge in [0.1, 0.15) is 5.03 Å². The monoisotopic (exact) mass is 518 g/mol. The lowest BCUT2D eigenvalue weighted by molar-refractivity contribution is 0.0781. The van der Waals surface area contributed by atoms with Gasteiger partial charge in [0, 0.05) is 30.0 Å². The molecular formula is C23H23BrN2O3S2. The van der Waals surface area contributed by atoms with E-state index in [1.165, 1.54) is 11.8 Å². The van der Waals surface area contributed by atoms with E-state index in [1.807, 2.05) is 31.2 Å². The molecule has 0 saturated heterocycles. The van der Waals surface area contributed by atoms with Gasteiger partial charge in [-0.3, -0.25) is 4.79 Å². The Morgan fingerprint density at radius 3 is 2.55 bits per heavy atom. The van der Waals surface area contributed by atoms with Crippen LogP contribution in [0.1, 0.15) is 21.5 Å². The van der Waals surface area contributed by atoms with Gasteiger partial charge >= 0.3 is 0 Å². The van der Waals surface area contributed by atoms with E-state index >= 15 is 0 Å². The molecule has 162 valence electrons. The largest absolute Gasteiger partial charge is 0.337 e. The molecule has 0 unspecified atom stereocenters. The maximum Gasteiger partial charge on any atom is 0.256 e. The number of hydrogen-bond acceptors (Lipinski definition) is 5. The average molecular weight is 519 g/mol. The highest BCUT2D eigenvalue weighted by Gasteiger charge is 2.19. The van der Waals surface area contributed by atoms with Gasteiger partial charge < -0.3 is 4.90 Å². The minimum Gasteiger partial charge on any atom is -0.337 e. The molecule has 0 fully saturated rings.